The van der Waals surface area contributed by atoms with Gasteiger partial charge in [-0.25, -0.2) is 0 Å². The van der Waals surface area contributed by atoms with Crippen molar-refractivity contribution in [2.24, 2.45) is 0 Å². The summed E-state index contributed by atoms with van der Waals surface area (Å²) >= 11 is 0. The van der Waals surface area contributed by atoms with Crippen molar-refractivity contribution in [3.05, 3.63) is 54.4 Å². The summed E-state index contributed by atoms with van der Waals surface area (Å²) in [6.45, 7) is 3.06. The first-order valence-corrected chi connectivity index (χ1v) is 7.26. The Balaban J connectivity index is 1.81. The average Bonchev–Trinajstić information content (AvgIpc) is 3.00. The molecule has 0 radical (unpaired) electrons. The Hall–Kier alpha value is -2.82. The zero-order chi connectivity index (χ0) is 14.9. The van der Waals surface area contributed by atoms with E-state index in [0.717, 1.165) is 34.4 Å². The molecule has 0 spiro atoms. The summed E-state index contributed by atoms with van der Waals surface area (Å²) in [4.78, 5) is 0. The minimum absolute atomic E-state index is 0.432. The second kappa shape index (κ2) is 5.18. The molecule has 0 N–H and O–H groups in total. The normalized spacial score (nSPS) is 12.2. The zero-order valence-electron chi connectivity index (χ0n) is 12.2. The summed E-state index contributed by atoms with van der Waals surface area (Å²) in [5.41, 5.74) is 1.97. The van der Waals surface area contributed by atoms with Gasteiger partial charge in [-0.1, -0.05) is 12.1 Å². The Morgan fingerprint density at radius 3 is 2.73 bits per heavy atom. The van der Waals surface area contributed by atoms with Crippen LogP contribution >= 0.6 is 0 Å². The van der Waals surface area contributed by atoms with Crippen molar-refractivity contribution in [2.45, 2.75) is 13.5 Å². The van der Waals surface area contributed by atoms with Crippen LogP contribution in [0.25, 0.3) is 17.1 Å². The highest BCUT2D eigenvalue weighted by Crippen LogP contribution is 2.33. The van der Waals surface area contributed by atoms with Gasteiger partial charge in [0.05, 0.1) is 12.3 Å². The van der Waals surface area contributed by atoms with Crippen molar-refractivity contribution in [3.8, 4) is 28.6 Å². The number of hydrogen-bond donors (Lipinski definition) is 0. The van der Waals surface area contributed by atoms with Crippen molar-refractivity contribution in [1.82, 2.24) is 14.8 Å². The number of para-hydroxylation sites is 2. The highest BCUT2D eigenvalue weighted by Gasteiger charge is 2.22. The molecule has 110 valence electrons. The number of rotatable bonds is 3. The third kappa shape index (κ3) is 2.02. The number of hydrogen-bond acceptors (Lipinski definition) is 4. The molecule has 0 unspecified atom stereocenters. The van der Waals surface area contributed by atoms with Crippen molar-refractivity contribution < 1.29 is 9.47 Å². The Morgan fingerprint density at radius 2 is 1.91 bits per heavy atom. The molecule has 1 aliphatic heterocycles. The van der Waals surface area contributed by atoms with Gasteiger partial charge < -0.3 is 9.47 Å². The number of ether oxygens (including phenoxy) is 2. The van der Waals surface area contributed by atoms with Gasteiger partial charge >= 0.3 is 0 Å². The van der Waals surface area contributed by atoms with E-state index in [2.05, 4.69) is 14.8 Å². The molecule has 0 saturated carbocycles. The van der Waals surface area contributed by atoms with E-state index in [1.165, 1.54) is 0 Å². The van der Waals surface area contributed by atoms with E-state index in [4.69, 9.17) is 9.47 Å². The van der Waals surface area contributed by atoms with Crippen LogP contribution in [0.15, 0.2) is 48.5 Å². The molecule has 0 bridgehead atoms. The van der Waals surface area contributed by atoms with Crippen LogP contribution in [-0.4, -0.2) is 21.4 Å². The second-order valence-corrected chi connectivity index (χ2v) is 4.99. The van der Waals surface area contributed by atoms with E-state index in [0.29, 0.717) is 13.2 Å². The summed E-state index contributed by atoms with van der Waals surface area (Å²) in [7, 11) is 0. The Morgan fingerprint density at radius 1 is 1.09 bits per heavy atom. The van der Waals surface area contributed by atoms with Gasteiger partial charge in [-0.05, 0) is 43.3 Å². The largest absolute Gasteiger partial charge is 0.494 e. The Labute approximate surface area is 128 Å². The van der Waals surface area contributed by atoms with Crippen LogP contribution in [-0.2, 0) is 6.61 Å². The molecule has 5 heteroatoms. The lowest BCUT2D eigenvalue weighted by Crippen LogP contribution is -2.13. The van der Waals surface area contributed by atoms with Crippen LogP contribution in [0.3, 0.4) is 0 Å². The third-order valence-corrected chi connectivity index (χ3v) is 3.62. The van der Waals surface area contributed by atoms with Crippen LogP contribution in [0, 0.1) is 0 Å². The molecule has 0 amide bonds. The lowest BCUT2D eigenvalue weighted by Gasteiger charge is -2.19. The topological polar surface area (TPSA) is 49.2 Å². The van der Waals surface area contributed by atoms with Gasteiger partial charge in [0.25, 0.3) is 0 Å². The smallest absolute Gasteiger partial charge is 0.176 e. The molecule has 3 aromatic rings. The average molecular weight is 293 g/mol. The van der Waals surface area contributed by atoms with E-state index in [1.807, 2.05) is 55.5 Å². The number of benzene rings is 2. The molecular weight excluding hydrogens is 278 g/mol. The molecular formula is C17H15N3O2. The minimum atomic E-state index is 0.432. The SMILES string of the molecule is CCOc1ccc(-c2nnc3n2-c2ccccc2OC3)cc1. The molecule has 2 aromatic carbocycles. The van der Waals surface area contributed by atoms with Crippen LogP contribution in [0.4, 0.5) is 0 Å². The third-order valence-electron chi connectivity index (χ3n) is 3.62. The maximum absolute atomic E-state index is 5.71. The van der Waals surface area contributed by atoms with Crippen molar-refractivity contribution in [2.75, 3.05) is 6.61 Å². The van der Waals surface area contributed by atoms with Gasteiger partial charge in [-0.2, -0.15) is 0 Å². The predicted octanol–water partition coefficient (Wildman–Crippen LogP) is 3.23. The summed E-state index contributed by atoms with van der Waals surface area (Å²) in [6.07, 6.45) is 0. The second-order valence-electron chi connectivity index (χ2n) is 4.99. The predicted molar refractivity (Wildman–Crippen MR) is 82.3 cm³/mol. The molecule has 0 atom stereocenters. The number of aromatic nitrogens is 3. The highest BCUT2D eigenvalue weighted by atomic mass is 16.5. The molecule has 0 aliphatic carbocycles. The Bertz CT molecular complexity index is 809. The maximum atomic E-state index is 5.71. The summed E-state index contributed by atoms with van der Waals surface area (Å²) in [5.74, 6) is 3.33. The molecule has 0 fully saturated rings. The fourth-order valence-corrected chi connectivity index (χ4v) is 2.62. The molecule has 1 aromatic heterocycles. The molecule has 0 saturated heterocycles. The monoisotopic (exact) mass is 293 g/mol. The number of nitrogens with zero attached hydrogens (tertiary/aromatic N) is 3. The van der Waals surface area contributed by atoms with Crippen molar-refractivity contribution >= 4 is 0 Å². The van der Waals surface area contributed by atoms with Crippen LogP contribution in [0.1, 0.15) is 12.7 Å². The first-order valence-electron chi connectivity index (χ1n) is 7.26. The van der Waals surface area contributed by atoms with E-state index in [1.54, 1.807) is 0 Å². The van der Waals surface area contributed by atoms with Gasteiger partial charge in [0.15, 0.2) is 11.6 Å². The van der Waals surface area contributed by atoms with Gasteiger partial charge in [0.1, 0.15) is 18.1 Å². The van der Waals surface area contributed by atoms with Gasteiger partial charge in [0, 0.05) is 5.56 Å². The first-order chi connectivity index (χ1) is 10.9. The van der Waals surface area contributed by atoms with E-state index < -0.39 is 0 Å². The van der Waals surface area contributed by atoms with Gasteiger partial charge in [0.2, 0.25) is 0 Å². The minimum Gasteiger partial charge on any atom is -0.494 e. The first kappa shape index (κ1) is 12.9. The molecule has 5 nitrogen and oxygen atoms in total. The van der Waals surface area contributed by atoms with Crippen LogP contribution in [0.2, 0.25) is 0 Å². The lowest BCUT2D eigenvalue weighted by molar-refractivity contribution is 0.279. The number of fused-ring (bicyclic) bond motifs is 3. The molecule has 4 rings (SSSR count). The molecule has 2 heterocycles. The van der Waals surface area contributed by atoms with Gasteiger partial charge in [-0.15, -0.1) is 10.2 Å². The van der Waals surface area contributed by atoms with Crippen molar-refractivity contribution in [3.63, 3.8) is 0 Å². The molecule has 22 heavy (non-hydrogen) atoms. The van der Waals surface area contributed by atoms with Crippen LogP contribution in [0.5, 0.6) is 11.5 Å². The quantitative estimate of drug-likeness (QED) is 0.744. The van der Waals surface area contributed by atoms with Crippen molar-refractivity contribution in [1.29, 1.82) is 0 Å². The zero-order valence-corrected chi connectivity index (χ0v) is 12.2. The standard InChI is InChI=1S/C17H15N3O2/c1-2-21-13-9-7-12(8-10-13)17-19-18-16-11-22-15-6-4-3-5-14(15)20(16)17/h3-10H,2,11H2,1H3. The Kier molecular flexibility index (Phi) is 3.04. The molecule has 1 aliphatic rings. The summed E-state index contributed by atoms with van der Waals surface area (Å²) in [6, 6.07) is 15.8. The fraction of sp³-hybridized carbons (Fsp3) is 0.176. The highest BCUT2D eigenvalue weighted by molar-refractivity contribution is 5.62. The summed E-state index contributed by atoms with van der Waals surface area (Å²) < 4.78 is 13.2. The van der Waals surface area contributed by atoms with E-state index in [9.17, 15) is 0 Å². The van der Waals surface area contributed by atoms with Crippen LogP contribution < -0.4 is 9.47 Å². The van der Waals surface area contributed by atoms with E-state index in [-0.39, 0.29) is 0 Å². The van der Waals surface area contributed by atoms with E-state index >= 15 is 0 Å². The summed E-state index contributed by atoms with van der Waals surface area (Å²) in [5, 5.41) is 8.58. The maximum Gasteiger partial charge on any atom is 0.176 e. The fourth-order valence-electron chi connectivity index (χ4n) is 2.62. The van der Waals surface area contributed by atoms with Gasteiger partial charge in [-0.3, -0.25) is 4.57 Å². The lowest BCUT2D eigenvalue weighted by atomic mass is 10.2.